The number of amides is 2. The number of carbonyl (C=O) groups excluding carboxylic acids is 2. The van der Waals surface area contributed by atoms with Crippen molar-refractivity contribution in [1.82, 2.24) is 20.3 Å². The highest BCUT2D eigenvalue weighted by Crippen LogP contribution is 2.47. The van der Waals surface area contributed by atoms with Gasteiger partial charge >= 0.3 is 0 Å². The Morgan fingerprint density at radius 1 is 0.959 bits per heavy atom. The van der Waals surface area contributed by atoms with E-state index >= 15 is 0 Å². The molecule has 254 valence electrons. The van der Waals surface area contributed by atoms with Gasteiger partial charge in [0.05, 0.1) is 30.6 Å². The number of aliphatic hydroxyl groups excluding tert-OH is 1. The number of carbonyl (C=O) groups is 2. The first-order valence-electron chi connectivity index (χ1n) is 17.0. The standard InChI is InChI=1S/C38H43N7O4/c1-27(11-9-10-22-43-24-33(40-41-43)31(25-46)28-12-5-3-6-13-28)38(49)32-23-30(16-17-34(32)42(2)36(38)48)44-26-45(29-14-7-4-8-15-29)37(35(44)47)18-20-39-21-19-37/h3-9,11-17,23-24,27,31,39,46,49H,10,18-22,25-26H2,1-2H3/b11-9+/t27-,31?,38+/m0/s1. The number of aryl methyl sites for hydroxylation is 1. The van der Waals surface area contributed by atoms with Crippen molar-refractivity contribution >= 4 is 28.9 Å². The molecule has 4 heterocycles. The molecule has 1 spiro atoms. The molecule has 11 nitrogen and oxygen atoms in total. The van der Waals surface area contributed by atoms with Gasteiger partial charge in [0, 0.05) is 42.6 Å². The van der Waals surface area contributed by atoms with E-state index in [1.165, 1.54) is 4.90 Å². The summed E-state index contributed by atoms with van der Waals surface area (Å²) in [5, 5.41) is 34.1. The van der Waals surface area contributed by atoms with Gasteiger partial charge in [0.25, 0.3) is 11.8 Å². The quantitative estimate of drug-likeness (QED) is 0.219. The van der Waals surface area contributed by atoms with Gasteiger partial charge in [0.1, 0.15) is 5.54 Å². The molecule has 1 aromatic heterocycles. The largest absolute Gasteiger partial charge is 0.395 e. The number of fused-ring (bicyclic) bond motifs is 1. The minimum atomic E-state index is -1.80. The summed E-state index contributed by atoms with van der Waals surface area (Å²) in [6, 6.07) is 25.3. The van der Waals surface area contributed by atoms with Crippen LogP contribution in [0.4, 0.5) is 17.1 Å². The molecule has 3 aliphatic heterocycles. The fraction of sp³-hybridized carbons (Fsp3) is 0.368. The number of para-hydroxylation sites is 1. The Labute approximate surface area is 286 Å². The molecule has 0 bridgehead atoms. The highest BCUT2D eigenvalue weighted by atomic mass is 16.3. The van der Waals surface area contributed by atoms with Gasteiger partial charge in [-0.25, -0.2) is 0 Å². The van der Waals surface area contributed by atoms with Gasteiger partial charge in [-0.2, -0.15) is 0 Å². The highest BCUT2D eigenvalue weighted by Gasteiger charge is 2.55. The van der Waals surface area contributed by atoms with Crippen LogP contribution in [0, 0.1) is 5.92 Å². The summed E-state index contributed by atoms with van der Waals surface area (Å²) in [5.41, 5.74) is 2.01. The minimum Gasteiger partial charge on any atom is -0.395 e. The zero-order valence-corrected chi connectivity index (χ0v) is 27.9. The molecule has 7 rings (SSSR count). The van der Waals surface area contributed by atoms with Crippen LogP contribution in [0.15, 0.2) is 97.2 Å². The Morgan fingerprint density at radius 2 is 1.67 bits per heavy atom. The topological polar surface area (TPSA) is 127 Å². The third-order valence-corrected chi connectivity index (χ3v) is 10.5. The number of hydrogen-bond donors (Lipinski definition) is 3. The molecule has 4 aromatic rings. The molecule has 0 aliphatic carbocycles. The normalized spacial score (nSPS) is 21.6. The van der Waals surface area contributed by atoms with Gasteiger partial charge in [0.15, 0.2) is 5.60 Å². The number of nitrogens with zero attached hydrogens (tertiary/aromatic N) is 6. The molecule has 3 N–H and O–H groups in total. The predicted molar refractivity (Wildman–Crippen MR) is 188 cm³/mol. The van der Waals surface area contributed by atoms with Crippen molar-refractivity contribution in [2.24, 2.45) is 5.92 Å². The van der Waals surface area contributed by atoms with Crippen molar-refractivity contribution in [3.63, 3.8) is 0 Å². The highest BCUT2D eigenvalue weighted by molar-refractivity contribution is 6.09. The van der Waals surface area contributed by atoms with Crippen molar-refractivity contribution < 1.29 is 19.8 Å². The summed E-state index contributed by atoms with van der Waals surface area (Å²) < 4.78 is 1.74. The number of aromatic nitrogens is 3. The lowest BCUT2D eigenvalue weighted by molar-refractivity contribution is -0.139. The van der Waals surface area contributed by atoms with E-state index in [4.69, 9.17) is 0 Å². The van der Waals surface area contributed by atoms with Gasteiger partial charge in [-0.15, -0.1) is 5.10 Å². The van der Waals surface area contributed by atoms with E-state index in [-0.39, 0.29) is 18.4 Å². The Kier molecular flexibility index (Phi) is 8.82. The SMILES string of the molecule is C[C@@H](/C=C/CCn1cc(C(CO)c2ccccc2)nn1)[C@]1(O)C(=O)N(C)c2ccc(N3CN(c4ccccc4)C4(CCNCC4)C3=O)cc21. The molecule has 11 heteroatoms. The van der Waals surface area contributed by atoms with Gasteiger partial charge < -0.3 is 25.3 Å². The molecule has 3 aromatic carbocycles. The Morgan fingerprint density at radius 3 is 2.39 bits per heavy atom. The summed E-state index contributed by atoms with van der Waals surface area (Å²) in [6.07, 6.45) is 7.65. The van der Waals surface area contributed by atoms with Crippen LogP contribution in [0.2, 0.25) is 0 Å². The summed E-state index contributed by atoms with van der Waals surface area (Å²) in [7, 11) is 1.68. The van der Waals surface area contributed by atoms with Crippen molar-refractivity contribution in [3.05, 3.63) is 114 Å². The predicted octanol–water partition coefficient (Wildman–Crippen LogP) is 3.78. The van der Waals surface area contributed by atoms with E-state index in [0.29, 0.717) is 55.1 Å². The lowest BCUT2D eigenvalue weighted by atomic mass is 9.82. The number of benzene rings is 3. The van der Waals surface area contributed by atoms with E-state index in [9.17, 15) is 19.8 Å². The molecule has 3 atom stereocenters. The Hall–Kier alpha value is -4.84. The third kappa shape index (κ3) is 5.61. The number of nitrogens with one attached hydrogen (secondary N) is 1. The average molecular weight is 662 g/mol. The number of allylic oxidation sites excluding steroid dienone is 1. The van der Waals surface area contributed by atoms with Crippen LogP contribution in [0.3, 0.4) is 0 Å². The molecular formula is C38H43N7O4. The van der Waals surface area contributed by atoms with Crippen LogP contribution in [0.5, 0.6) is 0 Å². The molecular weight excluding hydrogens is 618 g/mol. The average Bonchev–Trinajstić information content (AvgIpc) is 3.77. The van der Waals surface area contributed by atoms with Crippen LogP contribution < -0.4 is 20.0 Å². The fourth-order valence-corrected chi connectivity index (χ4v) is 7.66. The van der Waals surface area contributed by atoms with Crippen LogP contribution in [-0.2, 0) is 21.7 Å². The molecule has 49 heavy (non-hydrogen) atoms. The monoisotopic (exact) mass is 661 g/mol. The zero-order valence-electron chi connectivity index (χ0n) is 27.9. The lowest BCUT2D eigenvalue weighted by Gasteiger charge is -2.39. The van der Waals surface area contributed by atoms with E-state index < -0.39 is 23.0 Å². The second-order valence-corrected chi connectivity index (χ2v) is 13.3. The number of rotatable bonds is 10. The maximum absolute atomic E-state index is 14.3. The molecule has 0 radical (unpaired) electrons. The second kappa shape index (κ2) is 13.2. The summed E-state index contributed by atoms with van der Waals surface area (Å²) in [6.45, 7) is 4.21. The van der Waals surface area contributed by atoms with E-state index in [2.05, 4.69) is 20.5 Å². The first-order valence-corrected chi connectivity index (χ1v) is 17.0. The summed E-state index contributed by atoms with van der Waals surface area (Å²) >= 11 is 0. The van der Waals surface area contributed by atoms with Crippen LogP contribution in [-0.4, -0.2) is 76.0 Å². The van der Waals surface area contributed by atoms with Crippen molar-refractivity contribution in [1.29, 1.82) is 0 Å². The van der Waals surface area contributed by atoms with Crippen LogP contribution >= 0.6 is 0 Å². The maximum atomic E-state index is 14.3. The van der Waals surface area contributed by atoms with Crippen LogP contribution in [0.25, 0.3) is 0 Å². The number of anilines is 3. The third-order valence-electron chi connectivity index (χ3n) is 10.5. The first-order chi connectivity index (χ1) is 23.8. The van der Waals surface area contributed by atoms with Crippen LogP contribution in [0.1, 0.15) is 48.9 Å². The second-order valence-electron chi connectivity index (χ2n) is 13.3. The van der Waals surface area contributed by atoms with Gasteiger partial charge in [-0.05, 0) is 68.2 Å². The number of piperidine rings is 1. The number of aliphatic hydroxyl groups is 2. The van der Waals surface area contributed by atoms with Crippen molar-refractivity contribution in [3.8, 4) is 0 Å². The molecule has 2 fully saturated rings. The smallest absolute Gasteiger partial charge is 0.264 e. The van der Waals surface area contributed by atoms with Crippen molar-refractivity contribution in [2.45, 2.75) is 49.8 Å². The zero-order chi connectivity index (χ0) is 34.2. The molecule has 1 unspecified atom stereocenters. The lowest BCUT2D eigenvalue weighted by Crippen LogP contribution is -2.55. The summed E-state index contributed by atoms with van der Waals surface area (Å²) in [5.74, 6) is -1.16. The first kappa shape index (κ1) is 32.7. The fourth-order valence-electron chi connectivity index (χ4n) is 7.66. The van der Waals surface area contributed by atoms with E-state index in [1.54, 1.807) is 16.6 Å². The Balaban J connectivity index is 1.09. The minimum absolute atomic E-state index is 0.0392. The molecule has 0 saturated carbocycles. The van der Waals surface area contributed by atoms with Gasteiger partial charge in [-0.1, -0.05) is 72.8 Å². The van der Waals surface area contributed by atoms with Gasteiger partial charge in [0.2, 0.25) is 0 Å². The molecule has 3 aliphatic rings. The number of likely N-dealkylation sites (N-methyl/N-ethyl adjacent to an activating group) is 1. The molecule has 2 amide bonds. The van der Waals surface area contributed by atoms with E-state index in [0.717, 1.165) is 24.3 Å². The molecule has 2 saturated heterocycles. The Bertz CT molecular complexity index is 1840. The van der Waals surface area contributed by atoms with E-state index in [1.807, 2.05) is 104 Å². The van der Waals surface area contributed by atoms with Crippen molar-refractivity contribution in [2.75, 3.05) is 48.1 Å². The number of hydrogen-bond acceptors (Lipinski definition) is 8. The van der Waals surface area contributed by atoms with Gasteiger partial charge in [-0.3, -0.25) is 19.2 Å². The maximum Gasteiger partial charge on any atom is 0.264 e. The summed E-state index contributed by atoms with van der Waals surface area (Å²) in [4.78, 5) is 33.5.